The van der Waals surface area contributed by atoms with E-state index in [2.05, 4.69) is 9.80 Å². The van der Waals surface area contributed by atoms with E-state index in [1.165, 1.54) is 6.07 Å². The highest BCUT2D eigenvalue weighted by atomic mass is 19.1. The summed E-state index contributed by atoms with van der Waals surface area (Å²) in [6.45, 7) is 5.20. The van der Waals surface area contributed by atoms with Gasteiger partial charge in [-0.15, -0.1) is 0 Å². The second kappa shape index (κ2) is 6.02. The minimum absolute atomic E-state index is 0.0165. The van der Waals surface area contributed by atoms with Crippen LogP contribution >= 0.6 is 0 Å². The van der Waals surface area contributed by atoms with Crippen molar-refractivity contribution in [2.24, 2.45) is 5.73 Å². The summed E-state index contributed by atoms with van der Waals surface area (Å²) in [7, 11) is 0. The van der Waals surface area contributed by atoms with Crippen LogP contribution in [0, 0.1) is 11.2 Å². The third-order valence-electron chi connectivity index (χ3n) is 3.69. The van der Waals surface area contributed by atoms with Crippen LogP contribution in [0.1, 0.15) is 13.3 Å². The number of benzene rings is 1. The standard InChI is InChI=1S/C14H21FN4/c1-2-12(14(16)17)18-7-9-19(10-8-18)13-6-4-3-5-11(13)15/h3-6,12H,2,7-10H2,1H3,(H3,16,17). The number of amidine groups is 1. The second-order valence-corrected chi connectivity index (χ2v) is 4.85. The van der Waals surface area contributed by atoms with Gasteiger partial charge < -0.3 is 10.6 Å². The van der Waals surface area contributed by atoms with Crippen molar-refractivity contribution in [1.82, 2.24) is 4.90 Å². The predicted octanol–water partition coefficient (Wildman–Crippen LogP) is 1.66. The topological polar surface area (TPSA) is 56.4 Å². The summed E-state index contributed by atoms with van der Waals surface area (Å²) < 4.78 is 13.7. The van der Waals surface area contributed by atoms with Crippen LogP contribution in [0.3, 0.4) is 0 Å². The predicted molar refractivity (Wildman–Crippen MR) is 76.2 cm³/mol. The minimum Gasteiger partial charge on any atom is -0.386 e. The van der Waals surface area contributed by atoms with Crippen LogP contribution in [-0.2, 0) is 0 Å². The van der Waals surface area contributed by atoms with Crippen molar-refractivity contribution in [1.29, 1.82) is 5.41 Å². The Morgan fingerprint density at radius 1 is 1.32 bits per heavy atom. The molecule has 1 aromatic rings. The van der Waals surface area contributed by atoms with Gasteiger partial charge in [-0.1, -0.05) is 19.1 Å². The normalized spacial score (nSPS) is 18.3. The average molecular weight is 264 g/mol. The van der Waals surface area contributed by atoms with E-state index in [4.69, 9.17) is 11.1 Å². The molecule has 0 aromatic heterocycles. The van der Waals surface area contributed by atoms with E-state index in [-0.39, 0.29) is 17.7 Å². The van der Waals surface area contributed by atoms with Gasteiger partial charge in [-0.05, 0) is 18.6 Å². The van der Waals surface area contributed by atoms with Crippen molar-refractivity contribution in [2.75, 3.05) is 31.1 Å². The summed E-state index contributed by atoms with van der Waals surface area (Å²) in [6, 6.07) is 6.88. The van der Waals surface area contributed by atoms with Crippen molar-refractivity contribution in [3.63, 3.8) is 0 Å². The summed E-state index contributed by atoms with van der Waals surface area (Å²) in [4.78, 5) is 4.26. The molecule has 19 heavy (non-hydrogen) atoms. The Bertz CT molecular complexity index is 441. The molecule has 1 atom stereocenters. The number of halogens is 1. The number of piperazine rings is 1. The summed E-state index contributed by atoms with van der Waals surface area (Å²) in [5, 5.41) is 7.60. The van der Waals surface area contributed by atoms with E-state index in [9.17, 15) is 4.39 Å². The van der Waals surface area contributed by atoms with Crippen LogP contribution in [0.4, 0.5) is 10.1 Å². The first kappa shape index (κ1) is 13.8. The molecule has 4 nitrogen and oxygen atoms in total. The summed E-state index contributed by atoms with van der Waals surface area (Å²) in [6.07, 6.45) is 0.842. The molecule has 0 radical (unpaired) electrons. The molecular formula is C14H21FN4. The Balaban J connectivity index is 2.00. The molecule has 0 spiro atoms. The van der Waals surface area contributed by atoms with E-state index in [1.54, 1.807) is 6.07 Å². The zero-order valence-electron chi connectivity index (χ0n) is 11.3. The lowest BCUT2D eigenvalue weighted by molar-refractivity contribution is 0.221. The first-order valence-corrected chi connectivity index (χ1v) is 6.71. The van der Waals surface area contributed by atoms with Crippen LogP contribution in [0.25, 0.3) is 0 Å². The lowest BCUT2D eigenvalue weighted by atomic mass is 10.1. The number of anilines is 1. The third-order valence-corrected chi connectivity index (χ3v) is 3.69. The molecule has 1 aliphatic rings. The highest BCUT2D eigenvalue weighted by Crippen LogP contribution is 2.21. The number of para-hydroxylation sites is 1. The van der Waals surface area contributed by atoms with Crippen molar-refractivity contribution in [3.8, 4) is 0 Å². The Morgan fingerprint density at radius 2 is 1.95 bits per heavy atom. The Morgan fingerprint density at radius 3 is 2.47 bits per heavy atom. The Kier molecular flexibility index (Phi) is 4.37. The Labute approximate surface area is 113 Å². The largest absolute Gasteiger partial charge is 0.386 e. The Hall–Kier alpha value is -1.62. The molecule has 1 saturated heterocycles. The van der Waals surface area contributed by atoms with Gasteiger partial charge in [-0.2, -0.15) is 0 Å². The monoisotopic (exact) mass is 264 g/mol. The molecule has 1 heterocycles. The van der Waals surface area contributed by atoms with E-state index < -0.39 is 0 Å². The van der Waals surface area contributed by atoms with E-state index >= 15 is 0 Å². The van der Waals surface area contributed by atoms with Gasteiger partial charge in [0.05, 0.1) is 11.7 Å². The van der Waals surface area contributed by atoms with Gasteiger partial charge in [-0.25, -0.2) is 4.39 Å². The quantitative estimate of drug-likeness (QED) is 0.642. The van der Waals surface area contributed by atoms with Crippen LogP contribution in [0.15, 0.2) is 24.3 Å². The maximum atomic E-state index is 13.7. The number of hydrogen-bond acceptors (Lipinski definition) is 3. The number of hydrogen-bond donors (Lipinski definition) is 2. The average Bonchev–Trinajstić information content (AvgIpc) is 2.41. The minimum atomic E-state index is -0.172. The molecule has 0 bridgehead atoms. The first-order valence-electron chi connectivity index (χ1n) is 6.71. The number of nitrogens with zero attached hydrogens (tertiary/aromatic N) is 2. The van der Waals surface area contributed by atoms with E-state index in [0.29, 0.717) is 5.69 Å². The lowest BCUT2D eigenvalue weighted by Gasteiger charge is -2.39. The molecule has 2 rings (SSSR count). The fraction of sp³-hybridized carbons (Fsp3) is 0.500. The molecule has 1 aromatic carbocycles. The van der Waals surface area contributed by atoms with E-state index in [0.717, 1.165) is 32.6 Å². The fourth-order valence-electron chi connectivity index (χ4n) is 2.66. The number of nitrogens with two attached hydrogens (primary N) is 1. The van der Waals surface area contributed by atoms with Crippen LogP contribution in [0.2, 0.25) is 0 Å². The van der Waals surface area contributed by atoms with Crippen LogP contribution < -0.4 is 10.6 Å². The number of nitrogens with one attached hydrogen (secondary N) is 1. The van der Waals surface area contributed by atoms with Crippen LogP contribution in [-0.4, -0.2) is 43.0 Å². The van der Waals surface area contributed by atoms with Crippen molar-refractivity contribution < 1.29 is 4.39 Å². The molecule has 1 aliphatic heterocycles. The van der Waals surface area contributed by atoms with Crippen molar-refractivity contribution in [3.05, 3.63) is 30.1 Å². The lowest BCUT2D eigenvalue weighted by Crippen LogP contribution is -2.54. The highest BCUT2D eigenvalue weighted by molar-refractivity contribution is 5.82. The van der Waals surface area contributed by atoms with Crippen LogP contribution in [0.5, 0.6) is 0 Å². The van der Waals surface area contributed by atoms with Gasteiger partial charge in [0, 0.05) is 26.2 Å². The maximum Gasteiger partial charge on any atom is 0.146 e. The van der Waals surface area contributed by atoms with Gasteiger partial charge >= 0.3 is 0 Å². The zero-order chi connectivity index (χ0) is 13.8. The van der Waals surface area contributed by atoms with E-state index in [1.807, 2.05) is 19.1 Å². The molecule has 0 aliphatic carbocycles. The molecular weight excluding hydrogens is 243 g/mol. The van der Waals surface area contributed by atoms with Gasteiger partial charge in [0.25, 0.3) is 0 Å². The smallest absolute Gasteiger partial charge is 0.146 e. The highest BCUT2D eigenvalue weighted by Gasteiger charge is 2.25. The van der Waals surface area contributed by atoms with Gasteiger partial charge in [-0.3, -0.25) is 10.3 Å². The second-order valence-electron chi connectivity index (χ2n) is 4.85. The maximum absolute atomic E-state index is 13.7. The molecule has 3 N–H and O–H groups in total. The first-order chi connectivity index (χ1) is 9.13. The molecule has 5 heteroatoms. The van der Waals surface area contributed by atoms with Gasteiger partial charge in [0.2, 0.25) is 0 Å². The van der Waals surface area contributed by atoms with Crippen molar-refractivity contribution in [2.45, 2.75) is 19.4 Å². The summed E-state index contributed by atoms with van der Waals surface area (Å²) >= 11 is 0. The molecule has 1 unspecified atom stereocenters. The molecule has 104 valence electrons. The summed E-state index contributed by atoms with van der Waals surface area (Å²) in [5.74, 6) is 0.0522. The number of rotatable bonds is 4. The van der Waals surface area contributed by atoms with Crippen molar-refractivity contribution >= 4 is 11.5 Å². The molecule has 0 saturated carbocycles. The third kappa shape index (κ3) is 3.04. The molecule has 0 amide bonds. The summed E-state index contributed by atoms with van der Waals surface area (Å²) in [5.41, 5.74) is 6.28. The SMILES string of the molecule is CCC(C(=N)N)N1CCN(c2ccccc2F)CC1. The zero-order valence-corrected chi connectivity index (χ0v) is 11.3. The molecule has 1 fully saturated rings. The fourth-order valence-corrected chi connectivity index (χ4v) is 2.66. The van der Waals surface area contributed by atoms with Gasteiger partial charge in [0.1, 0.15) is 11.7 Å². The van der Waals surface area contributed by atoms with Gasteiger partial charge in [0.15, 0.2) is 0 Å².